The van der Waals surface area contributed by atoms with E-state index in [1.54, 1.807) is 22.8 Å². The lowest BCUT2D eigenvalue weighted by molar-refractivity contribution is -0.149. The molecule has 0 radical (unpaired) electrons. The average Bonchev–Trinajstić information content (AvgIpc) is 3.21. The minimum absolute atomic E-state index is 0.0624. The van der Waals surface area contributed by atoms with Crippen molar-refractivity contribution in [2.24, 2.45) is 11.3 Å². The Morgan fingerprint density at radius 2 is 2.38 bits per heavy atom. The molecule has 0 aromatic carbocycles. The number of carboxylic acids is 1. The van der Waals surface area contributed by atoms with Gasteiger partial charge in [-0.15, -0.1) is 0 Å². The number of hydrogen-bond donors (Lipinski definition) is 2. The summed E-state index contributed by atoms with van der Waals surface area (Å²) in [5.74, 6) is -0.228. The second-order valence-electron chi connectivity index (χ2n) is 6.67. The standard InChI is InChI=1S/C16H24N4O4/c1-24-9-3-7-20-8-5-13(18-20)17-15(23)19-10-12-4-2-6-16(12,11-19)14(21)22/h5,8,12H,2-4,6-7,9-11H2,1H3,(H,21,22)(H,17,18,23)/t12-,16+/m0/s1. The highest BCUT2D eigenvalue weighted by molar-refractivity contribution is 5.89. The Kier molecular flexibility index (Phi) is 4.75. The number of rotatable bonds is 6. The Hall–Kier alpha value is -2.09. The van der Waals surface area contributed by atoms with E-state index in [0.29, 0.717) is 25.4 Å². The predicted molar refractivity (Wildman–Crippen MR) is 86.7 cm³/mol. The first kappa shape index (κ1) is 16.8. The number of carbonyl (C=O) groups excluding carboxylic acids is 1. The van der Waals surface area contributed by atoms with Gasteiger partial charge in [0, 0.05) is 45.6 Å². The number of aromatic nitrogens is 2. The van der Waals surface area contributed by atoms with E-state index < -0.39 is 11.4 Å². The van der Waals surface area contributed by atoms with Gasteiger partial charge in [-0.25, -0.2) is 4.79 Å². The number of fused-ring (bicyclic) bond motifs is 1. The van der Waals surface area contributed by atoms with Gasteiger partial charge in [-0.05, 0) is 25.2 Å². The van der Waals surface area contributed by atoms with Gasteiger partial charge in [0.15, 0.2) is 5.82 Å². The molecule has 1 saturated heterocycles. The van der Waals surface area contributed by atoms with Gasteiger partial charge < -0.3 is 14.7 Å². The molecule has 1 aliphatic heterocycles. The van der Waals surface area contributed by atoms with Gasteiger partial charge in [0.25, 0.3) is 0 Å². The van der Waals surface area contributed by atoms with E-state index in [2.05, 4.69) is 10.4 Å². The van der Waals surface area contributed by atoms with Crippen LogP contribution in [0.2, 0.25) is 0 Å². The summed E-state index contributed by atoms with van der Waals surface area (Å²) in [7, 11) is 1.66. The number of urea groups is 1. The number of aryl methyl sites for hydroxylation is 1. The van der Waals surface area contributed by atoms with Crippen LogP contribution in [0.1, 0.15) is 25.7 Å². The predicted octanol–water partition coefficient (Wildman–Crippen LogP) is 1.64. The van der Waals surface area contributed by atoms with Gasteiger partial charge in [-0.3, -0.25) is 14.8 Å². The normalized spacial score (nSPS) is 25.7. The van der Waals surface area contributed by atoms with Gasteiger partial charge in [0.2, 0.25) is 0 Å². The van der Waals surface area contributed by atoms with E-state index in [9.17, 15) is 14.7 Å². The molecular weight excluding hydrogens is 312 g/mol. The Morgan fingerprint density at radius 3 is 3.08 bits per heavy atom. The molecule has 2 fully saturated rings. The van der Waals surface area contributed by atoms with Gasteiger partial charge in [-0.2, -0.15) is 5.10 Å². The first-order chi connectivity index (χ1) is 11.5. The third-order valence-corrected chi connectivity index (χ3v) is 5.20. The maximum Gasteiger partial charge on any atom is 0.323 e. The molecule has 0 spiro atoms. The van der Waals surface area contributed by atoms with Crippen molar-refractivity contribution >= 4 is 17.8 Å². The van der Waals surface area contributed by atoms with Crippen LogP contribution in [0, 0.1) is 11.3 Å². The number of carbonyl (C=O) groups is 2. The molecule has 2 aliphatic rings. The Labute approximate surface area is 140 Å². The summed E-state index contributed by atoms with van der Waals surface area (Å²) in [5.41, 5.74) is -0.753. The Balaban J connectivity index is 1.57. The molecule has 0 unspecified atom stereocenters. The number of aliphatic carboxylic acids is 1. The highest BCUT2D eigenvalue weighted by Crippen LogP contribution is 2.48. The van der Waals surface area contributed by atoms with Crippen molar-refractivity contribution in [1.82, 2.24) is 14.7 Å². The van der Waals surface area contributed by atoms with Crippen LogP contribution in [0.3, 0.4) is 0 Å². The summed E-state index contributed by atoms with van der Waals surface area (Å²) in [6, 6.07) is 1.47. The van der Waals surface area contributed by atoms with Crippen LogP contribution in [-0.2, 0) is 16.1 Å². The maximum absolute atomic E-state index is 12.4. The quantitative estimate of drug-likeness (QED) is 0.770. The molecule has 2 heterocycles. The largest absolute Gasteiger partial charge is 0.481 e. The van der Waals surface area contributed by atoms with Crippen molar-refractivity contribution in [3.63, 3.8) is 0 Å². The minimum Gasteiger partial charge on any atom is -0.481 e. The van der Waals surface area contributed by atoms with E-state index in [-0.39, 0.29) is 18.5 Å². The smallest absolute Gasteiger partial charge is 0.323 e. The van der Waals surface area contributed by atoms with E-state index in [4.69, 9.17) is 4.74 Å². The molecule has 2 amide bonds. The second-order valence-corrected chi connectivity index (χ2v) is 6.67. The molecule has 24 heavy (non-hydrogen) atoms. The van der Waals surface area contributed by atoms with Crippen molar-refractivity contribution < 1.29 is 19.4 Å². The molecule has 1 saturated carbocycles. The van der Waals surface area contributed by atoms with Crippen LogP contribution >= 0.6 is 0 Å². The summed E-state index contributed by atoms with van der Waals surface area (Å²) in [4.78, 5) is 25.7. The van der Waals surface area contributed by atoms with E-state index >= 15 is 0 Å². The zero-order chi connectivity index (χ0) is 17.2. The van der Waals surface area contributed by atoms with Gasteiger partial charge in [0.1, 0.15) is 0 Å². The fraction of sp³-hybridized carbons (Fsp3) is 0.688. The molecule has 2 atom stereocenters. The first-order valence-corrected chi connectivity index (χ1v) is 8.37. The third-order valence-electron chi connectivity index (χ3n) is 5.20. The van der Waals surface area contributed by atoms with Crippen molar-refractivity contribution in [3.05, 3.63) is 12.3 Å². The van der Waals surface area contributed by atoms with E-state index in [0.717, 1.165) is 25.8 Å². The van der Waals surface area contributed by atoms with E-state index in [1.165, 1.54) is 0 Å². The fourth-order valence-electron chi connectivity index (χ4n) is 3.91. The summed E-state index contributed by atoms with van der Waals surface area (Å²) in [6.45, 7) is 2.17. The zero-order valence-electron chi connectivity index (χ0n) is 13.9. The second kappa shape index (κ2) is 6.80. The van der Waals surface area contributed by atoms with Crippen LogP contribution in [0.25, 0.3) is 0 Å². The molecule has 8 nitrogen and oxygen atoms in total. The van der Waals surface area contributed by atoms with Gasteiger partial charge in [0.05, 0.1) is 5.41 Å². The molecule has 1 aromatic heterocycles. The summed E-state index contributed by atoms with van der Waals surface area (Å²) in [5, 5.41) is 16.7. The molecule has 1 aliphatic carbocycles. The summed E-state index contributed by atoms with van der Waals surface area (Å²) in [6.07, 6.45) is 5.12. The number of nitrogens with one attached hydrogen (secondary N) is 1. The monoisotopic (exact) mass is 336 g/mol. The molecule has 8 heteroatoms. The van der Waals surface area contributed by atoms with Crippen LogP contribution in [-0.4, -0.2) is 58.6 Å². The van der Waals surface area contributed by atoms with Gasteiger partial charge in [-0.1, -0.05) is 6.42 Å². The lowest BCUT2D eigenvalue weighted by Gasteiger charge is -2.23. The molecular formula is C16H24N4O4. The number of anilines is 1. The average molecular weight is 336 g/mol. The number of ether oxygens (including phenoxy) is 1. The van der Waals surface area contributed by atoms with Crippen molar-refractivity contribution in [1.29, 1.82) is 0 Å². The van der Waals surface area contributed by atoms with Crippen molar-refractivity contribution in [3.8, 4) is 0 Å². The van der Waals surface area contributed by atoms with Crippen LogP contribution in [0.5, 0.6) is 0 Å². The summed E-state index contributed by atoms with van der Waals surface area (Å²) >= 11 is 0. The SMILES string of the molecule is COCCCn1ccc(NC(=O)N2C[C@@H]3CCC[C@@]3(C(=O)O)C2)n1. The molecule has 1 aromatic rings. The molecule has 0 bridgehead atoms. The Morgan fingerprint density at radius 1 is 1.54 bits per heavy atom. The fourth-order valence-corrected chi connectivity index (χ4v) is 3.91. The summed E-state index contributed by atoms with van der Waals surface area (Å²) < 4.78 is 6.76. The maximum atomic E-state index is 12.4. The van der Waals surface area contributed by atoms with Crippen LogP contribution in [0.4, 0.5) is 10.6 Å². The number of amides is 2. The number of hydrogen-bond acceptors (Lipinski definition) is 4. The number of likely N-dealkylation sites (tertiary alicyclic amines) is 1. The number of methoxy groups -OCH3 is 1. The van der Waals surface area contributed by atoms with Gasteiger partial charge >= 0.3 is 12.0 Å². The minimum atomic E-state index is -0.775. The highest BCUT2D eigenvalue weighted by Gasteiger charge is 2.55. The zero-order valence-corrected chi connectivity index (χ0v) is 13.9. The van der Waals surface area contributed by atoms with Crippen molar-refractivity contribution in [2.75, 3.05) is 32.1 Å². The third kappa shape index (κ3) is 3.10. The molecule has 132 valence electrons. The van der Waals surface area contributed by atoms with Crippen LogP contribution in [0.15, 0.2) is 12.3 Å². The van der Waals surface area contributed by atoms with Crippen LogP contribution < -0.4 is 5.32 Å². The molecule has 2 N–H and O–H groups in total. The number of nitrogens with zero attached hydrogens (tertiary/aromatic N) is 3. The first-order valence-electron chi connectivity index (χ1n) is 8.37. The highest BCUT2D eigenvalue weighted by atomic mass is 16.5. The topological polar surface area (TPSA) is 96.7 Å². The Bertz CT molecular complexity index is 617. The lowest BCUT2D eigenvalue weighted by Crippen LogP contribution is -2.38. The van der Waals surface area contributed by atoms with E-state index in [1.807, 2.05) is 6.20 Å². The number of carboxylic acid groups (broad SMARTS) is 1. The van der Waals surface area contributed by atoms with Crippen molar-refractivity contribution in [2.45, 2.75) is 32.2 Å². The lowest BCUT2D eigenvalue weighted by atomic mass is 9.81. The molecule has 3 rings (SSSR count).